The number of rotatable bonds is 9. The first-order valence-corrected chi connectivity index (χ1v) is 8.47. The Bertz CT molecular complexity index is 518. The maximum absolute atomic E-state index is 11.0. The fourth-order valence-corrected chi connectivity index (χ4v) is 2.80. The molecular formula is C18H27NO4. The van der Waals surface area contributed by atoms with Crippen LogP contribution in [0.3, 0.4) is 0 Å². The Morgan fingerprint density at radius 3 is 2.78 bits per heavy atom. The van der Waals surface area contributed by atoms with Crippen LogP contribution in [-0.2, 0) is 11.3 Å². The van der Waals surface area contributed by atoms with Gasteiger partial charge in [-0.2, -0.15) is 0 Å². The minimum absolute atomic E-state index is 0.238. The Hall–Kier alpha value is -1.75. The average Bonchev–Trinajstić information content (AvgIpc) is 2.99. The van der Waals surface area contributed by atoms with Crippen LogP contribution in [0, 0.1) is 5.92 Å². The first-order chi connectivity index (χ1) is 11.1. The summed E-state index contributed by atoms with van der Waals surface area (Å²) in [7, 11) is 0. The Balaban J connectivity index is 1.99. The molecular weight excluding hydrogens is 294 g/mol. The Kier molecular flexibility index (Phi) is 6.71. The molecule has 0 aliphatic carbocycles. The fraction of sp³-hybridized carbons (Fsp3) is 0.611. The van der Waals surface area contributed by atoms with E-state index in [2.05, 4.69) is 11.8 Å². The van der Waals surface area contributed by atoms with Gasteiger partial charge in [-0.25, -0.2) is 0 Å². The van der Waals surface area contributed by atoms with Gasteiger partial charge in [0.05, 0.1) is 19.1 Å². The molecule has 2 rings (SSSR count). The van der Waals surface area contributed by atoms with Gasteiger partial charge in [0, 0.05) is 13.1 Å². The average molecular weight is 321 g/mol. The lowest BCUT2D eigenvalue weighted by Crippen LogP contribution is -2.22. The second kappa shape index (κ2) is 8.77. The lowest BCUT2D eigenvalue weighted by Gasteiger charge is -2.17. The van der Waals surface area contributed by atoms with E-state index in [-0.39, 0.29) is 5.92 Å². The van der Waals surface area contributed by atoms with Crippen LogP contribution in [-0.4, -0.2) is 42.3 Å². The molecule has 1 aromatic carbocycles. The topological polar surface area (TPSA) is 59.0 Å². The highest BCUT2D eigenvalue weighted by molar-refractivity contribution is 5.70. The van der Waals surface area contributed by atoms with Crippen LogP contribution in [0.4, 0.5) is 0 Å². The molecule has 128 valence electrons. The molecule has 0 bridgehead atoms. The van der Waals surface area contributed by atoms with Gasteiger partial charge in [0.1, 0.15) is 0 Å². The molecule has 1 aliphatic heterocycles. The molecule has 23 heavy (non-hydrogen) atoms. The van der Waals surface area contributed by atoms with Crippen molar-refractivity contribution in [3.63, 3.8) is 0 Å². The van der Waals surface area contributed by atoms with Crippen molar-refractivity contribution in [1.82, 2.24) is 4.90 Å². The molecule has 1 saturated heterocycles. The summed E-state index contributed by atoms with van der Waals surface area (Å²) in [6, 6.07) is 6.01. The standard InChI is InChI=1S/C18H27NO4/c1-3-5-10-23-16-7-6-14(11-17(16)22-4-2)12-19-9-8-15(13-19)18(20)21/h6-7,11,15H,3-5,8-10,12-13H2,1-2H3,(H,20,21). The third-order valence-corrected chi connectivity index (χ3v) is 4.09. The van der Waals surface area contributed by atoms with E-state index in [9.17, 15) is 4.79 Å². The van der Waals surface area contributed by atoms with E-state index in [1.807, 2.05) is 25.1 Å². The summed E-state index contributed by atoms with van der Waals surface area (Å²) in [6.45, 7) is 7.58. The highest BCUT2D eigenvalue weighted by Crippen LogP contribution is 2.30. The van der Waals surface area contributed by atoms with Crippen molar-refractivity contribution < 1.29 is 19.4 Å². The summed E-state index contributed by atoms with van der Waals surface area (Å²) in [5.74, 6) is 0.629. The van der Waals surface area contributed by atoms with E-state index < -0.39 is 5.97 Å². The number of nitrogens with zero attached hydrogens (tertiary/aromatic N) is 1. The number of carbonyl (C=O) groups is 1. The zero-order valence-electron chi connectivity index (χ0n) is 14.1. The zero-order chi connectivity index (χ0) is 16.7. The predicted molar refractivity (Wildman–Crippen MR) is 89.0 cm³/mol. The SMILES string of the molecule is CCCCOc1ccc(CN2CCC(C(=O)O)C2)cc1OCC. The van der Waals surface area contributed by atoms with Gasteiger partial charge in [0.25, 0.3) is 0 Å². The highest BCUT2D eigenvalue weighted by atomic mass is 16.5. The summed E-state index contributed by atoms with van der Waals surface area (Å²) in [5, 5.41) is 9.09. The number of hydrogen-bond donors (Lipinski definition) is 1. The first-order valence-electron chi connectivity index (χ1n) is 8.47. The number of benzene rings is 1. The summed E-state index contributed by atoms with van der Waals surface area (Å²) in [4.78, 5) is 13.2. The molecule has 0 radical (unpaired) electrons. The molecule has 1 aliphatic rings. The number of unbranched alkanes of at least 4 members (excludes halogenated alkanes) is 1. The maximum Gasteiger partial charge on any atom is 0.307 e. The van der Waals surface area contributed by atoms with Crippen molar-refractivity contribution in [2.45, 2.75) is 39.7 Å². The van der Waals surface area contributed by atoms with E-state index in [0.29, 0.717) is 19.8 Å². The number of aliphatic carboxylic acids is 1. The van der Waals surface area contributed by atoms with Crippen LogP contribution in [0.25, 0.3) is 0 Å². The van der Waals surface area contributed by atoms with Gasteiger partial charge >= 0.3 is 5.97 Å². The summed E-state index contributed by atoms with van der Waals surface area (Å²) >= 11 is 0. The summed E-state index contributed by atoms with van der Waals surface area (Å²) in [6.07, 6.45) is 2.85. The smallest absolute Gasteiger partial charge is 0.307 e. The summed E-state index contributed by atoms with van der Waals surface area (Å²) in [5.41, 5.74) is 1.13. The third kappa shape index (κ3) is 5.13. The monoisotopic (exact) mass is 321 g/mol. The Labute approximate surface area is 138 Å². The number of carboxylic acids is 1. The highest BCUT2D eigenvalue weighted by Gasteiger charge is 2.27. The van der Waals surface area contributed by atoms with Crippen molar-refractivity contribution in [3.8, 4) is 11.5 Å². The van der Waals surface area contributed by atoms with E-state index in [4.69, 9.17) is 14.6 Å². The maximum atomic E-state index is 11.0. The van der Waals surface area contributed by atoms with Crippen LogP contribution in [0.5, 0.6) is 11.5 Å². The predicted octanol–water partition coefficient (Wildman–Crippen LogP) is 3.17. The van der Waals surface area contributed by atoms with Crippen LogP contribution in [0.2, 0.25) is 0 Å². The first kappa shape index (κ1) is 17.6. The van der Waals surface area contributed by atoms with Crippen LogP contribution in [0.15, 0.2) is 18.2 Å². The zero-order valence-corrected chi connectivity index (χ0v) is 14.1. The minimum Gasteiger partial charge on any atom is -0.490 e. The third-order valence-electron chi connectivity index (χ3n) is 4.09. The Morgan fingerprint density at radius 1 is 1.30 bits per heavy atom. The minimum atomic E-state index is -0.692. The number of carboxylic acid groups (broad SMARTS) is 1. The molecule has 1 fully saturated rings. The van der Waals surface area contributed by atoms with Crippen molar-refractivity contribution in [2.24, 2.45) is 5.92 Å². The van der Waals surface area contributed by atoms with Crippen LogP contribution in [0.1, 0.15) is 38.7 Å². The second-order valence-corrected chi connectivity index (χ2v) is 5.98. The van der Waals surface area contributed by atoms with Crippen molar-refractivity contribution >= 4 is 5.97 Å². The largest absolute Gasteiger partial charge is 0.490 e. The molecule has 1 unspecified atom stereocenters. The van der Waals surface area contributed by atoms with Gasteiger partial charge in [-0.05, 0) is 44.0 Å². The number of likely N-dealkylation sites (tertiary alicyclic amines) is 1. The molecule has 0 saturated carbocycles. The van der Waals surface area contributed by atoms with E-state index in [0.717, 1.165) is 49.4 Å². The molecule has 5 heteroatoms. The van der Waals surface area contributed by atoms with Gasteiger partial charge in [-0.1, -0.05) is 19.4 Å². The molecule has 0 spiro atoms. The second-order valence-electron chi connectivity index (χ2n) is 5.98. The molecule has 1 atom stereocenters. The molecule has 0 amide bonds. The molecule has 1 N–H and O–H groups in total. The number of ether oxygens (including phenoxy) is 2. The van der Waals surface area contributed by atoms with Gasteiger partial charge in [-0.15, -0.1) is 0 Å². The number of hydrogen-bond acceptors (Lipinski definition) is 4. The lowest BCUT2D eigenvalue weighted by atomic mass is 10.1. The van der Waals surface area contributed by atoms with Gasteiger partial charge in [-0.3, -0.25) is 9.69 Å². The summed E-state index contributed by atoms with van der Waals surface area (Å²) < 4.78 is 11.5. The van der Waals surface area contributed by atoms with E-state index in [1.54, 1.807) is 0 Å². The molecule has 5 nitrogen and oxygen atoms in total. The normalized spacial score (nSPS) is 18.1. The van der Waals surface area contributed by atoms with Crippen molar-refractivity contribution in [1.29, 1.82) is 0 Å². The van der Waals surface area contributed by atoms with Gasteiger partial charge in [0.15, 0.2) is 11.5 Å². The van der Waals surface area contributed by atoms with E-state index >= 15 is 0 Å². The van der Waals surface area contributed by atoms with Gasteiger partial charge in [0.2, 0.25) is 0 Å². The van der Waals surface area contributed by atoms with Crippen molar-refractivity contribution in [3.05, 3.63) is 23.8 Å². The molecule has 1 aromatic rings. The Morgan fingerprint density at radius 2 is 2.13 bits per heavy atom. The van der Waals surface area contributed by atoms with E-state index in [1.165, 1.54) is 0 Å². The van der Waals surface area contributed by atoms with Gasteiger partial charge < -0.3 is 14.6 Å². The lowest BCUT2D eigenvalue weighted by molar-refractivity contribution is -0.141. The quantitative estimate of drug-likeness (QED) is 0.708. The molecule has 1 heterocycles. The molecule has 0 aromatic heterocycles. The van der Waals surface area contributed by atoms with Crippen LogP contribution < -0.4 is 9.47 Å². The fourth-order valence-electron chi connectivity index (χ4n) is 2.80. The van der Waals surface area contributed by atoms with Crippen molar-refractivity contribution in [2.75, 3.05) is 26.3 Å². The van der Waals surface area contributed by atoms with Crippen LogP contribution >= 0.6 is 0 Å².